The second-order valence-corrected chi connectivity index (χ2v) is 10.9. The molecule has 0 aromatic carbocycles. The van der Waals surface area contributed by atoms with Gasteiger partial charge in [0.25, 0.3) is 0 Å². The second-order valence-electron chi connectivity index (χ2n) is 10.9. The molecule has 4 heterocycles. The molecule has 0 bridgehead atoms. The van der Waals surface area contributed by atoms with E-state index in [4.69, 9.17) is 25.2 Å². The van der Waals surface area contributed by atoms with Gasteiger partial charge >= 0.3 is 5.97 Å². The first kappa shape index (κ1) is 23.3. The number of rotatable bonds is 6. The number of carbonyl (C=O) groups excluding carboxylic acids is 1. The Morgan fingerprint density at radius 3 is 2.64 bits per heavy atom. The van der Waals surface area contributed by atoms with Crippen LogP contribution >= 0.6 is 0 Å². The number of aliphatic hydroxyl groups is 1. The van der Waals surface area contributed by atoms with Crippen LogP contribution in [0.15, 0.2) is 30.6 Å². The summed E-state index contributed by atoms with van der Waals surface area (Å²) in [6, 6.07) is 5.75. The highest BCUT2D eigenvalue weighted by Gasteiger charge is 2.41. The summed E-state index contributed by atoms with van der Waals surface area (Å²) < 4.78 is 11.5. The molecule has 0 amide bonds. The number of cyclic esters (lactones) is 1. The summed E-state index contributed by atoms with van der Waals surface area (Å²) in [7, 11) is 0. The molecule has 0 unspecified atom stereocenters. The minimum Gasteiger partial charge on any atom is -0.474 e. The monoisotopic (exact) mass is 488 g/mol. The molecule has 2 fully saturated rings. The number of pyridine rings is 3. The lowest BCUT2D eigenvalue weighted by Gasteiger charge is -2.32. The molecule has 2 saturated carbocycles. The predicted molar refractivity (Wildman–Crippen MR) is 134 cm³/mol. The molecule has 8 heteroatoms. The van der Waals surface area contributed by atoms with E-state index in [2.05, 4.69) is 18.0 Å². The smallest absolute Gasteiger partial charge is 0.340 e. The normalized spacial score (nSPS) is 27.1. The summed E-state index contributed by atoms with van der Waals surface area (Å²) in [5.41, 5.74) is 10.4. The van der Waals surface area contributed by atoms with Gasteiger partial charge in [-0.3, -0.25) is 9.97 Å². The van der Waals surface area contributed by atoms with Crippen LogP contribution in [0, 0.1) is 5.92 Å². The summed E-state index contributed by atoms with van der Waals surface area (Å²) in [5, 5.41) is 11.5. The van der Waals surface area contributed by atoms with Crippen LogP contribution < -0.4 is 10.5 Å². The minimum absolute atomic E-state index is 0.0288. The van der Waals surface area contributed by atoms with E-state index in [1.807, 2.05) is 38.4 Å². The van der Waals surface area contributed by atoms with Crippen molar-refractivity contribution in [3.05, 3.63) is 58.8 Å². The third-order valence-electron chi connectivity index (χ3n) is 8.14. The predicted octanol–water partition coefficient (Wildman–Crippen LogP) is 3.76. The SMILES string of the molecule is C[C@@H]1OC(=O)c2ccc(Cc3cc4c([C@](C)(N)C5CC5)cnc(OC5CC(O)C5)c4cn3)nc2[C@H]1C. The lowest BCUT2D eigenvalue weighted by Crippen LogP contribution is -2.38. The number of ether oxygens (including phenoxy) is 2. The molecule has 3 N–H and O–H groups in total. The molecule has 188 valence electrons. The van der Waals surface area contributed by atoms with Gasteiger partial charge in [-0.1, -0.05) is 6.92 Å². The quantitative estimate of drug-likeness (QED) is 0.503. The molecule has 0 radical (unpaired) electrons. The van der Waals surface area contributed by atoms with Crippen molar-refractivity contribution in [3.8, 4) is 5.88 Å². The zero-order valence-corrected chi connectivity index (χ0v) is 20.9. The number of esters is 1. The highest BCUT2D eigenvalue weighted by atomic mass is 16.5. The van der Waals surface area contributed by atoms with Gasteiger partial charge in [-0.15, -0.1) is 0 Å². The van der Waals surface area contributed by atoms with Gasteiger partial charge in [-0.05, 0) is 61.8 Å². The molecule has 1 aliphatic heterocycles. The van der Waals surface area contributed by atoms with Crippen molar-refractivity contribution in [2.45, 2.75) is 82.6 Å². The topological polar surface area (TPSA) is 120 Å². The molecule has 8 nitrogen and oxygen atoms in total. The molecular formula is C28H32N4O4. The van der Waals surface area contributed by atoms with Gasteiger partial charge < -0.3 is 20.3 Å². The Bertz CT molecular complexity index is 1350. The van der Waals surface area contributed by atoms with Crippen molar-refractivity contribution in [2.75, 3.05) is 0 Å². The molecule has 36 heavy (non-hydrogen) atoms. The van der Waals surface area contributed by atoms with Crippen LogP contribution in [0.5, 0.6) is 5.88 Å². The van der Waals surface area contributed by atoms with Gasteiger partial charge in [-0.2, -0.15) is 0 Å². The van der Waals surface area contributed by atoms with E-state index in [0.717, 1.165) is 46.3 Å². The van der Waals surface area contributed by atoms with Gasteiger partial charge in [0.15, 0.2) is 0 Å². The van der Waals surface area contributed by atoms with Crippen LogP contribution in [-0.2, 0) is 16.7 Å². The third-order valence-corrected chi connectivity index (χ3v) is 8.14. The summed E-state index contributed by atoms with van der Waals surface area (Å²) in [5.74, 6) is 0.674. The van der Waals surface area contributed by atoms with Crippen molar-refractivity contribution in [3.63, 3.8) is 0 Å². The third kappa shape index (κ3) is 4.02. The van der Waals surface area contributed by atoms with Crippen LogP contribution in [0.3, 0.4) is 0 Å². The Labute approximate surface area is 210 Å². The average Bonchev–Trinajstić information content (AvgIpc) is 3.68. The molecule has 3 aliphatic rings. The van der Waals surface area contributed by atoms with Gasteiger partial charge in [0.2, 0.25) is 5.88 Å². The van der Waals surface area contributed by atoms with Gasteiger partial charge in [0.05, 0.1) is 22.7 Å². The standard InChI is InChI=1S/C28H32N4O4/c1-14-15(2)35-27(34)21-7-6-17(32-25(14)21)8-18-9-22-23(12-30-18)26(36-20-10-19(33)11-20)31-13-24(22)28(3,29)16-4-5-16/h6-7,9,12-16,19-20,33H,4-5,8,10-11,29H2,1-3H3/t14-,15-,19?,20?,28+/m0/s1. The minimum atomic E-state index is -0.495. The summed E-state index contributed by atoms with van der Waals surface area (Å²) in [6.45, 7) is 6.01. The van der Waals surface area contributed by atoms with E-state index >= 15 is 0 Å². The Morgan fingerprint density at radius 1 is 1.14 bits per heavy atom. The summed E-state index contributed by atoms with van der Waals surface area (Å²) in [4.78, 5) is 26.5. The van der Waals surface area contributed by atoms with Crippen LogP contribution in [0.2, 0.25) is 0 Å². The van der Waals surface area contributed by atoms with E-state index in [1.54, 1.807) is 0 Å². The van der Waals surface area contributed by atoms with Crippen molar-refractivity contribution in [1.29, 1.82) is 0 Å². The van der Waals surface area contributed by atoms with E-state index in [-0.39, 0.29) is 30.2 Å². The van der Waals surface area contributed by atoms with Gasteiger partial charge in [0.1, 0.15) is 12.2 Å². The molecule has 2 aliphatic carbocycles. The lowest BCUT2D eigenvalue weighted by molar-refractivity contribution is -0.0120. The number of aliphatic hydroxyl groups excluding tert-OH is 1. The summed E-state index contributed by atoms with van der Waals surface area (Å²) >= 11 is 0. The average molecular weight is 489 g/mol. The molecule has 3 atom stereocenters. The number of hydrogen-bond acceptors (Lipinski definition) is 8. The number of fused-ring (bicyclic) bond motifs is 2. The molecular weight excluding hydrogens is 456 g/mol. The van der Waals surface area contributed by atoms with Gasteiger partial charge in [0, 0.05) is 54.5 Å². The molecule has 6 rings (SSSR count). The largest absolute Gasteiger partial charge is 0.474 e. The van der Waals surface area contributed by atoms with E-state index in [9.17, 15) is 9.90 Å². The highest BCUT2D eigenvalue weighted by molar-refractivity contribution is 5.92. The highest BCUT2D eigenvalue weighted by Crippen LogP contribution is 2.46. The van der Waals surface area contributed by atoms with Crippen molar-refractivity contribution in [1.82, 2.24) is 15.0 Å². The second kappa shape index (κ2) is 8.49. The number of aromatic nitrogens is 3. The first-order valence-electron chi connectivity index (χ1n) is 12.8. The molecule has 3 aromatic heterocycles. The fourth-order valence-corrected chi connectivity index (χ4v) is 5.35. The zero-order valence-electron chi connectivity index (χ0n) is 20.9. The fourth-order valence-electron chi connectivity index (χ4n) is 5.35. The Morgan fingerprint density at radius 2 is 1.92 bits per heavy atom. The fraction of sp³-hybridized carbons (Fsp3) is 0.500. The van der Waals surface area contributed by atoms with E-state index < -0.39 is 5.54 Å². The van der Waals surface area contributed by atoms with Crippen LogP contribution in [0.25, 0.3) is 10.8 Å². The molecule has 3 aromatic rings. The maximum atomic E-state index is 12.3. The van der Waals surface area contributed by atoms with Crippen LogP contribution in [0.4, 0.5) is 0 Å². The zero-order chi connectivity index (χ0) is 25.2. The number of hydrogen-bond donors (Lipinski definition) is 2. The molecule has 0 saturated heterocycles. The number of nitrogens with two attached hydrogens (primary N) is 1. The van der Waals surface area contributed by atoms with Crippen molar-refractivity contribution >= 4 is 16.7 Å². The van der Waals surface area contributed by atoms with E-state index in [0.29, 0.717) is 36.6 Å². The van der Waals surface area contributed by atoms with Crippen molar-refractivity contribution < 1.29 is 19.4 Å². The maximum absolute atomic E-state index is 12.3. The lowest BCUT2D eigenvalue weighted by atomic mass is 9.86. The number of carbonyl (C=O) groups is 1. The summed E-state index contributed by atoms with van der Waals surface area (Å²) in [6.07, 6.45) is 7.09. The van der Waals surface area contributed by atoms with Crippen LogP contribution in [-0.4, -0.2) is 44.3 Å². The maximum Gasteiger partial charge on any atom is 0.340 e. The molecule has 0 spiro atoms. The van der Waals surface area contributed by atoms with E-state index in [1.165, 1.54) is 0 Å². The first-order chi connectivity index (χ1) is 17.2. The number of nitrogens with zero attached hydrogens (tertiary/aromatic N) is 3. The van der Waals surface area contributed by atoms with Crippen LogP contribution in [0.1, 0.15) is 85.4 Å². The van der Waals surface area contributed by atoms with Gasteiger partial charge in [-0.25, -0.2) is 9.78 Å². The van der Waals surface area contributed by atoms with Crippen molar-refractivity contribution in [2.24, 2.45) is 11.7 Å². The Balaban J connectivity index is 1.37. The first-order valence-corrected chi connectivity index (χ1v) is 12.8. The Kier molecular flexibility index (Phi) is 5.50. The Hall–Kier alpha value is -3.10.